The van der Waals surface area contributed by atoms with E-state index in [-0.39, 0.29) is 36.1 Å². The predicted octanol–water partition coefficient (Wildman–Crippen LogP) is 3.55. The van der Waals surface area contributed by atoms with Gasteiger partial charge in [0.1, 0.15) is 24.7 Å². The second-order valence-corrected chi connectivity index (χ2v) is 11.2. The molecule has 0 saturated heterocycles. The van der Waals surface area contributed by atoms with Crippen LogP contribution in [0.2, 0.25) is 0 Å². The van der Waals surface area contributed by atoms with Crippen LogP contribution in [0.1, 0.15) is 0 Å². The van der Waals surface area contributed by atoms with Crippen LogP contribution in [0.25, 0.3) is 10.8 Å². The first-order chi connectivity index (χ1) is 17.4. The van der Waals surface area contributed by atoms with E-state index in [9.17, 15) is 16.8 Å². The monoisotopic (exact) mass is 526 g/mol. The Morgan fingerprint density at radius 3 is 1.28 bits per heavy atom. The van der Waals surface area contributed by atoms with Gasteiger partial charge in [0.05, 0.1) is 9.79 Å². The molecular weight excluding hydrogens is 500 g/mol. The van der Waals surface area contributed by atoms with E-state index in [4.69, 9.17) is 9.47 Å². The summed E-state index contributed by atoms with van der Waals surface area (Å²) in [5, 5.41) is 0.606. The lowest BCUT2D eigenvalue weighted by molar-refractivity contribution is 0.323. The van der Waals surface area contributed by atoms with Gasteiger partial charge in [0.25, 0.3) is 0 Å². The fourth-order valence-electron chi connectivity index (χ4n) is 3.60. The summed E-state index contributed by atoms with van der Waals surface area (Å²) in [6, 6.07) is 27.3. The Morgan fingerprint density at radius 1 is 0.500 bits per heavy atom. The van der Waals surface area contributed by atoms with Crippen LogP contribution in [-0.2, 0) is 20.0 Å². The molecule has 8 nitrogen and oxygen atoms in total. The summed E-state index contributed by atoms with van der Waals surface area (Å²) in [5.41, 5.74) is 0. The van der Waals surface area contributed by atoms with Gasteiger partial charge < -0.3 is 9.47 Å². The van der Waals surface area contributed by atoms with Crippen LogP contribution in [0, 0.1) is 0 Å². The third-order valence-corrected chi connectivity index (χ3v) is 8.27. The van der Waals surface area contributed by atoms with Crippen LogP contribution in [0.5, 0.6) is 11.5 Å². The summed E-state index contributed by atoms with van der Waals surface area (Å²) in [6.45, 7) is 0.383. The zero-order valence-corrected chi connectivity index (χ0v) is 21.0. The van der Waals surface area contributed by atoms with Crippen molar-refractivity contribution >= 4 is 30.8 Å². The molecule has 0 heterocycles. The minimum absolute atomic E-state index is 0.0100. The largest absolute Gasteiger partial charge is 0.492 e. The zero-order valence-electron chi connectivity index (χ0n) is 19.3. The molecule has 0 radical (unpaired) electrons. The second kappa shape index (κ2) is 11.5. The number of hydrogen-bond acceptors (Lipinski definition) is 6. The first-order valence-electron chi connectivity index (χ1n) is 11.2. The second-order valence-electron chi connectivity index (χ2n) is 7.73. The molecule has 0 aliphatic rings. The van der Waals surface area contributed by atoms with Crippen molar-refractivity contribution in [2.75, 3.05) is 26.3 Å². The molecular formula is C26H26N2O6S2. The molecule has 0 atom stereocenters. The smallest absolute Gasteiger partial charge is 0.241 e. The highest BCUT2D eigenvalue weighted by Gasteiger charge is 2.22. The Hall–Kier alpha value is -3.44. The summed E-state index contributed by atoms with van der Waals surface area (Å²) in [4.78, 5) is -0.0201. The first-order valence-corrected chi connectivity index (χ1v) is 14.2. The van der Waals surface area contributed by atoms with E-state index in [1.54, 1.807) is 36.4 Å². The normalized spacial score (nSPS) is 11.9. The minimum atomic E-state index is -3.92. The summed E-state index contributed by atoms with van der Waals surface area (Å²) in [6.07, 6.45) is 0. The standard InChI is InChI=1S/C26H26N2O6S2/c29-35(30,27-17-19-33-21-9-3-1-4-10-21)25-15-7-14-24-23(25)13-8-16-26(24)36(31,32)28-18-20-34-22-11-5-2-6-12-22/h1-16,27-28H,17-20H2. The Balaban J connectivity index is 1.46. The molecule has 10 heteroatoms. The van der Waals surface area contributed by atoms with Gasteiger partial charge in [-0.2, -0.15) is 0 Å². The molecule has 0 aromatic heterocycles. The van der Waals surface area contributed by atoms with E-state index in [1.165, 1.54) is 24.3 Å². The van der Waals surface area contributed by atoms with Gasteiger partial charge in [0.15, 0.2) is 0 Å². The van der Waals surface area contributed by atoms with Crippen molar-refractivity contribution in [3.05, 3.63) is 97.1 Å². The van der Waals surface area contributed by atoms with Crippen molar-refractivity contribution in [1.29, 1.82) is 0 Å². The Morgan fingerprint density at radius 2 is 0.889 bits per heavy atom. The van der Waals surface area contributed by atoms with Gasteiger partial charge in [0, 0.05) is 23.9 Å². The van der Waals surface area contributed by atoms with E-state index in [2.05, 4.69) is 9.44 Å². The van der Waals surface area contributed by atoms with Gasteiger partial charge in [-0.1, -0.05) is 60.7 Å². The summed E-state index contributed by atoms with van der Waals surface area (Å²) >= 11 is 0. The maximum absolute atomic E-state index is 13.0. The van der Waals surface area contributed by atoms with Crippen molar-refractivity contribution in [3.63, 3.8) is 0 Å². The number of sulfonamides is 2. The Labute approximate surface area is 211 Å². The number of fused-ring (bicyclic) bond motifs is 1. The van der Waals surface area contributed by atoms with Crippen LogP contribution in [0.4, 0.5) is 0 Å². The maximum atomic E-state index is 13.0. The number of ether oxygens (including phenoxy) is 2. The van der Waals surface area contributed by atoms with E-state index in [0.29, 0.717) is 22.3 Å². The Bertz CT molecular complexity index is 1390. The number of nitrogens with one attached hydrogen (secondary N) is 2. The number of para-hydroxylation sites is 2. The molecule has 0 bridgehead atoms. The van der Waals surface area contributed by atoms with Crippen molar-refractivity contribution in [1.82, 2.24) is 9.44 Å². The van der Waals surface area contributed by atoms with Crippen molar-refractivity contribution in [3.8, 4) is 11.5 Å². The quantitative estimate of drug-likeness (QED) is 0.273. The van der Waals surface area contributed by atoms with E-state index < -0.39 is 20.0 Å². The lowest BCUT2D eigenvalue weighted by Crippen LogP contribution is -2.29. The van der Waals surface area contributed by atoms with Gasteiger partial charge in [-0.15, -0.1) is 0 Å². The molecule has 0 aliphatic heterocycles. The van der Waals surface area contributed by atoms with E-state index in [1.807, 2.05) is 36.4 Å². The first kappa shape index (κ1) is 25.6. The zero-order chi connectivity index (χ0) is 25.4. The van der Waals surface area contributed by atoms with Crippen LogP contribution in [-0.4, -0.2) is 43.1 Å². The highest BCUT2D eigenvalue weighted by atomic mass is 32.2. The molecule has 188 valence electrons. The fraction of sp³-hybridized carbons (Fsp3) is 0.154. The van der Waals surface area contributed by atoms with E-state index in [0.717, 1.165) is 0 Å². The summed E-state index contributed by atoms with van der Waals surface area (Å²) < 4.78 is 68.2. The SMILES string of the molecule is O=S(=O)(NCCOc1ccccc1)c1cccc2c(S(=O)(=O)NCCOc3ccccc3)cccc12. The molecule has 4 rings (SSSR count). The average Bonchev–Trinajstić information content (AvgIpc) is 2.89. The lowest BCUT2D eigenvalue weighted by atomic mass is 10.1. The highest BCUT2D eigenvalue weighted by molar-refractivity contribution is 7.90. The molecule has 36 heavy (non-hydrogen) atoms. The fourth-order valence-corrected chi connectivity index (χ4v) is 6.07. The van der Waals surface area contributed by atoms with Crippen LogP contribution >= 0.6 is 0 Å². The molecule has 4 aromatic rings. The van der Waals surface area contributed by atoms with Crippen LogP contribution in [0.15, 0.2) is 107 Å². The number of hydrogen-bond donors (Lipinski definition) is 2. The van der Waals surface area contributed by atoms with Gasteiger partial charge >= 0.3 is 0 Å². The maximum Gasteiger partial charge on any atom is 0.241 e. The third kappa shape index (κ3) is 6.41. The van der Waals surface area contributed by atoms with Crippen molar-refractivity contribution in [2.45, 2.75) is 9.79 Å². The molecule has 0 spiro atoms. The van der Waals surface area contributed by atoms with Crippen LogP contribution in [0.3, 0.4) is 0 Å². The van der Waals surface area contributed by atoms with Gasteiger partial charge in [0.2, 0.25) is 20.0 Å². The minimum Gasteiger partial charge on any atom is -0.492 e. The molecule has 0 amide bonds. The molecule has 0 unspecified atom stereocenters. The molecule has 0 aliphatic carbocycles. The summed E-state index contributed by atoms with van der Waals surface area (Å²) in [7, 11) is -7.84. The molecule has 0 fully saturated rings. The molecule has 4 aromatic carbocycles. The summed E-state index contributed by atoms with van der Waals surface area (Å²) in [5.74, 6) is 1.27. The Kier molecular flexibility index (Phi) is 8.21. The van der Waals surface area contributed by atoms with Crippen LogP contribution < -0.4 is 18.9 Å². The van der Waals surface area contributed by atoms with Gasteiger partial charge in [-0.05, 0) is 36.4 Å². The lowest BCUT2D eigenvalue weighted by Gasteiger charge is -2.13. The van der Waals surface area contributed by atoms with Crippen molar-refractivity contribution in [2.24, 2.45) is 0 Å². The topological polar surface area (TPSA) is 111 Å². The highest BCUT2D eigenvalue weighted by Crippen LogP contribution is 2.28. The van der Waals surface area contributed by atoms with Crippen molar-refractivity contribution < 1.29 is 26.3 Å². The predicted molar refractivity (Wildman–Crippen MR) is 138 cm³/mol. The van der Waals surface area contributed by atoms with Gasteiger partial charge in [-0.3, -0.25) is 0 Å². The number of benzene rings is 4. The molecule has 2 N–H and O–H groups in total. The third-order valence-electron chi connectivity index (χ3n) is 5.23. The van der Waals surface area contributed by atoms with Gasteiger partial charge in [-0.25, -0.2) is 26.3 Å². The van der Waals surface area contributed by atoms with E-state index >= 15 is 0 Å². The number of rotatable bonds is 12. The average molecular weight is 527 g/mol. The molecule has 0 saturated carbocycles.